The van der Waals surface area contributed by atoms with Crippen LogP contribution >= 0.6 is 0 Å². The molecule has 10 heteroatoms. The van der Waals surface area contributed by atoms with Crippen LogP contribution in [0.4, 0.5) is 30.2 Å². The van der Waals surface area contributed by atoms with Crippen LogP contribution in [0.3, 0.4) is 0 Å². The van der Waals surface area contributed by atoms with E-state index in [0.717, 1.165) is 36.6 Å². The molecule has 3 aromatic rings. The minimum Gasteiger partial charge on any atom is -0.369 e. The Kier molecular flexibility index (Phi) is 8.25. The molecule has 2 atom stereocenters. The predicted molar refractivity (Wildman–Crippen MR) is 148 cm³/mol. The highest BCUT2D eigenvalue weighted by Gasteiger charge is 2.32. The quantitative estimate of drug-likeness (QED) is 0.334. The minimum atomic E-state index is -4.69. The first-order valence-corrected chi connectivity index (χ1v) is 14.3. The standard InChI is InChI=1S/C29H32F3N3O3S/c1-4-21-8-11-24(12-9-21)33-28(36)22-10-13-27(35-17-19(2)14-20(3)18-35)26(15-22)34-39(37,38)25-7-5-6-23(16-25)29(30,31)32/h5-13,15-16,19-20,34H,4,14,17-18H2,1-3H3,(H,33,36)/t19-,20-/m0/s1. The van der Waals surface area contributed by atoms with Crippen molar-refractivity contribution in [3.8, 4) is 0 Å². The molecule has 1 fully saturated rings. The fourth-order valence-corrected chi connectivity index (χ4v) is 6.08. The Labute approximate surface area is 227 Å². The average molecular weight is 560 g/mol. The van der Waals surface area contributed by atoms with Crippen LogP contribution in [-0.4, -0.2) is 27.4 Å². The van der Waals surface area contributed by atoms with Gasteiger partial charge in [-0.1, -0.05) is 39.0 Å². The Morgan fingerprint density at radius 2 is 1.64 bits per heavy atom. The number of amides is 1. The van der Waals surface area contributed by atoms with Gasteiger partial charge in [0.1, 0.15) is 0 Å². The van der Waals surface area contributed by atoms with Crippen LogP contribution < -0.4 is 14.9 Å². The Balaban J connectivity index is 1.70. The fourth-order valence-electron chi connectivity index (χ4n) is 4.96. The van der Waals surface area contributed by atoms with Crippen LogP contribution in [0.5, 0.6) is 0 Å². The van der Waals surface area contributed by atoms with E-state index in [4.69, 9.17) is 0 Å². The number of hydrogen-bond donors (Lipinski definition) is 2. The molecule has 208 valence electrons. The van der Waals surface area contributed by atoms with Crippen molar-refractivity contribution in [3.63, 3.8) is 0 Å². The summed E-state index contributed by atoms with van der Waals surface area (Å²) in [6.07, 6.45) is -2.80. The summed E-state index contributed by atoms with van der Waals surface area (Å²) in [4.78, 5) is 14.6. The van der Waals surface area contributed by atoms with E-state index in [0.29, 0.717) is 42.4 Å². The molecule has 3 aromatic carbocycles. The Bertz CT molecular complexity index is 1430. The lowest BCUT2D eigenvalue weighted by molar-refractivity contribution is -0.137. The highest BCUT2D eigenvalue weighted by Crippen LogP contribution is 2.35. The van der Waals surface area contributed by atoms with Gasteiger partial charge < -0.3 is 10.2 Å². The summed E-state index contributed by atoms with van der Waals surface area (Å²) >= 11 is 0. The second-order valence-corrected chi connectivity index (χ2v) is 11.9. The molecule has 0 unspecified atom stereocenters. The number of sulfonamides is 1. The number of halogens is 3. The maximum Gasteiger partial charge on any atom is 0.416 e. The van der Waals surface area contributed by atoms with Crippen molar-refractivity contribution in [2.24, 2.45) is 11.8 Å². The van der Waals surface area contributed by atoms with E-state index < -0.39 is 32.6 Å². The van der Waals surface area contributed by atoms with Gasteiger partial charge in [-0.2, -0.15) is 13.2 Å². The summed E-state index contributed by atoms with van der Waals surface area (Å²) in [5.41, 5.74) is 1.54. The molecule has 1 saturated heterocycles. The molecule has 2 N–H and O–H groups in total. The summed E-state index contributed by atoms with van der Waals surface area (Å²) < 4.78 is 68.8. The van der Waals surface area contributed by atoms with Crippen molar-refractivity contribution in [3.05, 3.63) is 83.4 Å². The molecule has 0 aromatic heterocycles. The number of aryl methyl sites for hydroxylation is 1. The van der Waals surface area contributed by atoms with Crippen LogP contribution in [0.25, 0.3) is 0 Å². The number of anilines is 3. The van der Waals surface area contributed by atoms with Crippen LogP contribution in [0, 0.1) is 11.8 Å². The molecule has 4 rings (SSSR count). The third kappa shape index (κ3) is 6.92. The predicted octanol–water partition coefficient (Wildman–Crippen LogP) is 6.80. The first-order valence-electron chi connectivity index (χ1n) is 12.8. The number of nitrogens with one attached hydrogen (secondary N) is 2. The second kappa shape index (κ2) is 11.3. The van der Waals surface area contributed by atoms with E-state index in [1.165, 1.54) is 6.07 Å². The van der Waals surface area contributed by atoms with Crippen LogP contribution in [-0.2, 0) is 22.6 Å². The Morgan fingerprint density at radius 3 is 2.26 bits per heavy atom. The van der Waals surface area contributed by atoms with Gasteiger partial charge in [0.25, 0.3) is 15.9 Å². The van der Waals surface area contributed by atoms with Crippen molar-refractivity contribution >= 4 is 33.0 Å². The van der Waals surface area contributed by atoms with Gasteiger partial charge in [-0.15, -0.1) is 0 Å². The van der Waals surface area contributed by atoms with Crippen LogP contribution in [0.2, 0.25) is 0 Å². The zero-order valence-corrected chi connectivity index (χ0v) is 22.9. The van der Waals surface area contributed by atoms with E-state index in [9.17, 15) is 26.4 Å². The SMILES string of the molecule is CCc1ccc(NC(=O)c2ccc(N3C[C@@H](C)C[C@H](C)C3)c(NS(=O)(=O)c3cccc(C(F)(F)F)c3)c2)cc1. The van der Waals surface area contributed by atoms with Gasteiger partial charge in [0.2, 0.25) is 0 Å². The van der Waals surface area contributed by atoms with Crippen molar-refractivity contribution in [2.75, 3.05) is 28.0 Å². The smallest absolute Gasteiger partial charge is 0.369 e. The molecule has 0 spiro atoms. The summed E-state index contributed by atoms with van der Waals surface area (Å²) in [6.45, 7) is 7.61. The van der Waals surface area contributed by atoms with E-state index in [1.54, 1.807) is 24.3 Å². The fraction of sp³-hybridized carbons (Fsp3) is 0.345. The largest absolute Gasteiger partial charge is 0.416 e. The molecular weight excluding hydrogens is 527 g/mol. The monoisotopic (exact) mass is 559 g/mol. The Hall–Kier alpha value is -3.53. The van der Waals surface area contributed by atoms with Crippen LogP contribution in [0.15, 0.2) is 71.6 Å². The van der Waals surface area contributed by atoms with Gasteiger partial charge in [-0.3, -0.25) is 9.52 Å². The lowest BCUT2D eigenvalue weighted by Crippen LogP contribution is -2.39. The number of rotatable bonds is 7. The van der Waals surface area contributed by atoms with Gasteiger partial charge >= 0.3 is 6.18 Å². The third-order valence-corrected chi connectivity index (χ3v) is 8.17. The molecule has 39 heavy (non-hydrogen) atoms. The number of piperidine rings is 1. The number of carbonyl (C=O) groups excluding carboxylic acids is 1. The van der Waals surface area contributed by atoms with E-state index >= 15 is 0 Å². The maximum atomic E-state index is 13.3. The van der Waals surface area contributed by atoms with Gasteiger partial charge in [0.15, 0.2) is 0 Å². The molecule has 1 amide bonds. The maximum absolute atomic E-state index is 13.3. The third-order valence-electron chi connectivity index (χ3n) is 6.80. The molecule has 1 heterocycles. The van der Waals surface area contributed by atoms with Gasteiger partial charge in [0.05, 0.1) is 21.8 Å². The van der Waals surface area contributed by atoms with Crippen molar-refractivity contribution in [1.82, 2.24) is 0 Å². The summed E-state index contributed by atoms with van der Waals surface area (Å²) in [5, 5.41) is 2.81. The second-order valence-electron chi connectivity index (χ2n) is 10.2. The van der Waals surface area contributed by atoms with Gasteiger partial charge in [0, 0.05) is 24.3 Å². The molecule has 1 aliphatic rings. The van der Waals surface area contributed by atoms with Crippen molar-refractivity contribution in [2.45, 2.75) is 44.7 Å². The topological polar surface area (TPSA) is 78.5 Å². The van der Waals surface area contributed by atoms with Crippen molar-refractivity contribution in [1.29, 1.82) is 0 Å². The Morgan fingerprint density at radius 1 is 0.974 bits per heavy atom. The van der Waals surface area contributed by atoms with E-state index in [2.05, 4.69) is 23.9 Å². The highest BCUT2D eigenvalue weighted by atomic mass is 32.2. The van der Waals surface area contributed by atoms with Crippen molar-refractivity contribution < 1.29 is 26.4 Å². The lowest BCUT2D eigenvalue weighted by Gasteiger charge is -2.37. The molecule has 1 aliphatic heterocycles. The first kappa shape index (κ1) is 28.5. The van der Waals surface area contributed by atoms with E-state index in [1.807, 2.05) is 24.0 Å². The molecule has 0 bridgehead atoms. The molecule has 0 saturated carbocycles. The number of hydrogen-bond acceptors (Lipinski definition) is 4. The normalized spacial score (nSPS) is 18.1. The number of alkyl halides is 3. The van der Waals surface area contributed by atoms with E-state index in [-0.39, 0.29) is 11.3 Å². The number of carbonyl (C=O) groups is 1. The zero-order chi connectivity index (χ0) is 28.4. The average Bonchev–Trinajstić information content (AvgIpc) is 2.88. The molecule has 0 aliphatic carbocycles. The summed E-state index contributed by atoms with van der Waals surface area (Å²) in [7, 11) is -4.40. The molecule has 0 radical (unpaired) electrons. The summed E-state index contributed by atoms with van der Waals surface area (Å²) in [6, 6.07) is 15.7. The number of nitrogens with zero attached hydrogens (tertiary/aromatic N) is 1. The number of benzene rings is 3. The first-order chi connectivity index (χ1) is 18.4. The van der Waals surface area contributed by atoms with Gasteiger partial charge in [-0.25, -0.2) is 8.42 Å². The van der Waals surface area contributed by atoms with Gasteiger partial charge in [-0.05, 0) is 78.8 Å². The minimum absolute atomic E-state index is 0.127. The molecular formula is C29H32F3N3O3S. The summed E-state index contributed by atoms with van der Waals surface area (Å²) in [5.74, 6) is 0.275. The molecule has 6 nitrogen and oxygen atoms in total. The highest BCUT2D eigenvalue weighted by molar-refractivity contribution is 7.92. The zero-order valence-electron chi connectivity index (χ0n) is 22.0. The van der Waals surface area contributed by atoms with Crippen LogP contribution in [0.1, 0.15) is 48.7 Å². The lowest BCUT2D eigenvalue weighted by atomic mass is 9.91.